The van der Waals surface area contributed by atoms with Crippen LogP contribution in [0.3, 0.4) is 0 Å². The molecule has 1 N–H and O–H groups in total. The van der Waals surface area contributed by atoms with Crippen molar-refractivity contribution in [1.82, 2.24) is 10.2 Å². The van der Waals surface area contributed by atoms with Crippen molar-refractivity contribution in [3.8, 4) is 0 Å². The number of sulfonamides is 1. The number of hydrogen-bond donors (Lipinski definition) is 1. The Balaban J connectivity index is 1.83. The third kappa shape index (κ3) is 8.41. The van der Waals surface area contributed by atoms with Crippen LogP contribution in [0.5, 0.6) is 0 Å². The Morgan fingerprint density at radius 1 is 0.886 bits per heavy atom. The van der Waals surface area contributed by atoms with Crippen LogP contribution in [-0.2, 0) is 32.6 Å². The predicted octanol–water partition coefficient (Wildman–Crippen LogP) is 7.04. The van der Waals surface area contributed by atoms with Crippen LogP contribution in [0.15, 0.2) is 106 Å². The number of aryl methyl sites for hydroxylation is 1. The Morgan fingerprint density at radius 3 is 2.23 bits per heavy atom. The summed E-state index contributed by atoms with van der Waals surface area (Å²) in [6.07, 6.45) is 0.217. The summed E-state index contributed by atoms with van der Waals surface area (Å²) in [6, 6.07) is 26.6. The molecule has 0 aliphatic rings. The first-order valence-electron chi connectivity index (χ1n) is 13.9. The average Bonchev–Trinajstić information content (AvgIpc) is 2.99. The van der Waals surface area contributed by atoms with Crippen LogP contribution in [-0.4, -0.2) is 44.3 Å². The fourth-order valence-corrected chi connectivity index (χ4v) is 7.01. The van der Waals surface area contributed by atoms with Crippen molar-refractivity contribution in [2.45, 2.75) is 37.8 Å². The van der Waals surface area contributed by atoms with Crippen molar-refractivity contribution in [3.05, 3.63) is 128 Å². The second kappa shape index (κ2) is 15.1. The largest absolute Gasteiger partial charge is 0.355 e. The van der Waals surface area contributed by atoms with Gasteiger partial charge in [0.25, 0.3) is 10.0 Å². The van der Waals surface area contributed by atoms with E-state index in [2.05, 4.69) is 21.2 Å². The molecule has 44 heavy (non-hydrogen) atoms. The highest BCUT2D eigenvalue weighted by Crippen LogP contribution is 2.33. The highest BCUT2D eigenvalue weighted by atomic mass is 79.9. The van der Waals surface area contributed by atoms with Gasteiger partial charge in [-0.05, 0) is 67.4 Å². The van der Waals surface area contributed by atoms with Crippen LogP contribution in [0.4, 0.5) is 5.69 Å². The lowest BCUT2D eigenvalue weighted by molar-refractivity contribution is -0.140. The molecule has 230 valence electrons. The molecule has 0 fully saturated rings. The molecule has 0 bridgehead atoms. The number of hydrogen-bond acceptors (Lipinski definition) is 4. The number of amides is 2. The highest BCUT2D eigenvalue weighted by Gasteiger charge is 2.35. The minimum absolute atomic E-state index is 0.0185. The van der Waals surface area contributed by atoms with Gasteiger partial charge in [-0.3, -0.25) is 13.9 Å². The van der Waals surface area contributed by atoms with Crippen molar-refractivity contribution >= 4 is 66.7 Å². The number of nitrogens with zero attached hydrogens (tertiary/aromatic N) is 2. The van der Waals surface area contributed by atoms with Crippen LogP contribution in [0, 0.1) is 6.92 Å². The number of anilines is 1. The van der Waals surface area contributed by atoms with Crippen molar-refractivity contribution < 1.29 is 18.0 Å². The van der Waals surface area contributed by atoms with Gasteiger partial charge in [-0.2, -0.15) is 0 Å². The quantitative estimate of drug-likeness (QED) is 0.171. The number of carbonyl (C=O) groups excluding carboxylic acids is 2. The van der Waals surface area contributed by atoms with Crippen LogP contribution < -0.4 is 9.62 Å². The summed E-state index contributed by atoms with van der Waals surface area (Å²) in [4.78, 5) is 29.4. The second-order valence-electron chi connectivity index (χ2n) is 10.2. The minimum atomic E-state index is -4.30. The number of rotatable bonds is 12. The van der Waals surface area contributed by atoms with Crippen LogP contribution >= 0.6 is 39.1 Å². The van der Waals surface area contributed by atoms with E-state index in [1.165, 1.54) is 35.2 Å². The van der Waals surface area contributed by atoms with Gasteiger partial charge in [-0.15, -0.1) is 0 Å². The topological polar surface area (TPSA) is 86.8 Å². The summed E-state index contributed by atoms with van der Waals surface area (Å²) in [7, 11) is -4.30. The molecule has 0 saturated heterocycles. The van der Waals surface area contributed by atoms with E-state index in [-0.39, 0.29) is 39.5 Å². The molecule has 0 saturated carbocycles. The fourth-order valence-electron chi connectivity index (χ4n) is 4.71. The maximum absolute atomic E-state index is 14.4. The van der Waals surface area contributed by atoms with Gasteiger partial charge in [0.1, 0.15) is 12.6 Å². The molecule has 1 atom stereocenters. The Labute approximate surface area is 277 Å². The molecule has 0 aliphatic carbocycles. The molecule has 4 aromatic rings. The third-order valence-corrected chi connectivity index (χ3v) is 9.75. The lowest BCUT2D eigenvalue weighted by atomic mass is 10.0. The molecule has 11 heteroatoms. The van der Waals surface area contributed by atoms with E-state index in [1.54, 1.807) is 19.1 Å². The van der Waals surface area contributed by atoms with Gasteiger partial charge in [0, 0.05) is 29.0 Å². The number of likely N-dealkylation sites (N-methyl/N-ethyl adjacent to an activating group) is 1. The van der Waals surface area contributed by atoms with Crippen molar-refractivity contribution in [2.75, 3.05) is 17.4 Å². The summed E-state index contributed by atoms with van der Waals surface area (Å²) >= 11 is 16.3. The normalized spacial score (nSPS) is 11.9. The molecule has 4 rings (SSSR count). The van der Waals surface area contributed by atoms with Gasteiger partial charge in [0.2, 0.25) is 11.8 Å². The van der Waals surface area contributed by atoms with Crippen LogP contribution in [0.2, 0.25) is 10.0 Å². The lowest BCUT2D eigenvalue weighted by Gasteiger charge is -2.34. The summed E-state index contributed by atoms with van der Waals surface area (Å²) in [6.45, 7) is 3.42. The average molecular weight is 718 g/mol. The molecular formula is C33H32BrCl2N3O4S. The number of carbonyl (C=O) groups is 2. The minimum Gasteiger partial charge on any atom is -0.355 e. The van der Waals surface area contributed by atoms with Crippen LogP contribution in [0.25, 0.3) is 0 Å². The molecule has 0 heterocycles. The molecule has 2 amide bonds. The first kappa shape index (κ1) is 33.5. The lowest BCUT2D eigenvalue weighted by Crippen LogP contribution is -2.53. The van der Waals surface area contributed by atoms with Crippen molar-refractivity contribution in [2.24, 2.45) is 0 Å². The standard InChI is InChI=1S/C33H32BrCl2N3O4S/c1-3-37-33(41)31(19-24-8-5-4-6-9-24)38(21-25-10-7-11-26(34)18-25)32(40)22-39(30-20-27(35)14-17-29(30)36)44(42,43)28-15-12-23(2)13-16-28/h4-18,20,31H,3,19,21-22H2,1-2H3,(H,37,41)/t31-/m1/s1. The molecular weight excluding hydrogens is 685 g/mol. The Hall–Kier alpha value is -3.37. The smallest absolute Gasteiger partial charge is 0.264 e. The molecule has 0 aliphatic heterocycles. The molecule has 0 unspecified atom stereocenters. The zero-order valence-corrected chi connectivity index (χ0v) is 28.1. The first-order valence-corrected chi connectivity index (χ1v) is 16.9. The van der Waals surface area contributed by atoms with Gasteiger partial charge < -0.3 is 10.2 Å². The van der Waals surface area contributed by atoms with Gasteiger partial charge in [0.15, 0.2) is 0 Å². The first-order chi connectivity index (χ1) is 21.0. The van der Waals surface area contributed by atoms with E-state index in [9.17, 15) is 18.0 Å². The SMILES string of the molecule is CCNC(=O)[C@@H](Cc1ccccc1)N(Cc1cccc(Br)c1)C(=O)CN(c1cc(Cl)ccc1Cl)S(=O)(=O)c1ccc(C)cc1. The van der Waals surface area contributed by atoms with E-state index >= 15 is 0 Å². The zero-order chi connectivity index (χ0) is 31.9. The fraction of sp³-hybridized carbons (Fsp3) is 0.212. The van der Waals surface area contributed by atoms with Crippen LogP contribution in [0.1, 0.15) is 23.6 Å². The Bertz CT molecular complexity index is 1720. The predicted molar refractivity (Wildman–Crippen MR) is 179 cm³/mol. The number of halogens is 3. The molecule has 0 radical (unpaired) electrons. The molecule has 0 spiro atoms. The summed E-state index contributed by atoms with van der Waals surface area (Å²) < 4.78 is 30.0. The van der Waals surface area contributed by atoms with E-state index in [4.69, 9.17) is 23.2 Å². The van der Waals surface area contributed by atoms with Crippen molar-refractivity contribution in [1.29, 1.82) is 0 Å². The molecule has 0 aromatic heterocycles. The summed E-state index contributed by atoms with van der Waals surface area (Å²) in [5.41, 5.74) is 2.52. The van der Waals surface area contributed by atoms with E-state index in [0.717, 1.165) is 25.5 Å². The second-order valence-corrected chi connectivity index (χ2v) is 13.8. The third-order valence-electron chi connectivity index (χ3n) is 6.93. The van der Waals surface area contributed by atoms with Crippen molar-refractivity contribution in [3.63, 3.8) is 0 Å². The Kier molecular flexibility index (Phi) is 11.5. The zero-order valence-electron chi connectivity index (χ0n) is 24.2. The monoisotopic (exact) mass is 715 g/mol. The molecule has 7 nitrogen and oxygen atoms in total. The van der Waals surface area contributed by atoms with Gasteiger partial charge in [-0.25, -0.2) is 8.42 Å². The van der Waals surface area contributed by atoms with E-state index in [0.29, 0.717) is 6.54 Å². The van der Waals surface area contributed by atoms with Gasteiger partial charge in [0.05, 0.1) is 15.6 Å². The summed E-state index contributed by atoms with van der Waals surface area (Å²) in [5.74, 6) is -0.947. The van der Waals surface area contributed by atoms with Gasteiger partial charge in [-0.1, -0.05) is 99.3 Å². The van der Waals surface area contributed by atoms with E-state index < -0.39 is 28.5 Å². The molecule has 4 aromatic carbocycles. The number of benzene rings is 4. The Morgan fingerprint density at radius 2 is 1.57 bits per heavy atom. The maximum Gasteiger partial charge on any atom is 0.264 e. The number of nitrogens with one attached hydrogen (secondary N) is 1. The van der Waals surface area contributed by atoms with E-state index in [1.807, 2.05) is 61.5 Å². The maximum atomic E-state index is 14.4. The summed E-state index contributed by atoms with van der Waals surface area (Å²) in [5, 5.41) is 3.19. The van der Waals surface area contributed by atoms with Gasteiger partial charge >= 0.3 is 0 Å². The highest BCUT2D eigenvalue weighted by molar-refractivity contribution is 9.10.